The highest BCUT2D eigenvalue weighted by Gasteiger charge is 1.85. The molecular formula is C6H10O. The lowest BCUT2D eigenvalue weighted by molar-refractivity contribution is 0.198. The van der Waals surface area contributed by atoms with E-state index in [0.29, 0.717) is 6.42 Å². The minimum absolute atomic E-state index is 0.255. The molecule has 0 aromatic heterocycles. The van der Waals surface area contributed by atoms with Crippen molar-refractivity contribution in [1.82, 2.24) is 0 Å². The average molecular weight is 98.1 g/mol. The molecule has 0 amide bonds. The Hall–Kier alpha value is -0.520. The Morgan fingerprint density at radius 2 is 2.57 bits per heavy atom. The van der Waals surface area contributed by atoms with Crippen LogP contribution in [0.5, 0.6) is 0 Å². The lowest BCUT2D eigenvalue weighted by atomic mass is 10.3. The first-order valence-corrected chi connectivity index (χ1v) is 2.29. The van der Waals surface area contributed by atoms with Crippen LogP contribution in [-0.4, -0.2) is 11.2 Å². The van der Waals surface area contributed by atoms with Crippen molar-refractivity contribution in [3.63, 3.8) is 0 Å². The quantitative estimate of drug-likeness (QED) is 0.513. The summed E-state index contributed by atoms with van der Waals surface area (Å²) in [5.41, 5.74) is 2.56. The second-order valence-electron chi connectivity index (χ2n) is 1.49. The lowest BCUT2D eigenvalue weighted by Crippen LogP contribution is -1.94. The van der Waals surface area contributed by atoms with E-state index in [9.17, 15) is 0 Å². The SMILES string of the molecule is C=C=CC[C@H](C)O. The van der Waals surface area contributed by atoms with Crippen molar-refractivity contribution in [3.8, 4) is 0 Å². The second-order valence-corrected chi connectivity index (χ2v) is 1.49. The molecular weight excluding hydrogens is 88.1 g/mol. The number of rotatable bonds is 2. The summed E-state index contributed by atoms with van der Waals surface area (Å²) in [6.07, 6.45) is 2.11. The fourth-order valence-corrected chi connectivity index (χ4v) is 0.254. The molecule has 40 valence electrons. The summed E-state index contributed by atoms with van der Waals surface area (Å²) in [7, 11) is 0. The largest absolute Gasteiger partial charge is 0.393 e. The first-order valence-electron chi connectivity index (χ1n) is 2.29. The number of aliphatic hydroxyl groups is 1. The van der Waals surface area contributed by atoms with E-state index in [0.717, 1.165) is 0 Å². The zero-order valence-electron chi connectivity index (χ0n) is 4.52. The average Bonchev–Trinajstić information content (AvgIpc) is 1.61. The van der Waals surface area contributed by atoms with Crippen molar-refractivity contribution >= 4 is 0 Å². The van der Waals surface area contributed by atoms with Gasteiger partial charge < -0.3 is 5.11 Å². The van der Waals surface area contributed by atoms with Crippen molar-refractivity contribution in [2.45, 2.75) is 19.4 Å². The van der Waals surface area contributed by atoms with Crippen molar-refractivity contribution in [2.75, 3.05) is 0 Å². The summed E-state index contributed by atoms with van der Waals surface area (Å²) in [5, 5.41) is 8.58. The maximum absolute atomic E-state index is 8.58. The minimum atomic E-state index is -0.255. The van der Waals surface area contributed by atoms with E-state index in [1.165, 1.54) is 0 Å². The van der Waals surface area contributed by atoms with Gasteiger partial charge in [-0.25, -0.2) is 0 Å². The van der Waals surface area contributed by atoms with Gasteiger partial charge in [-0.05, 0) is 19.4 Å². The molecule has 1 nitrogen and oxygen atoms in total. The van der Waals surface area contributed by atoms with Crippen LogP contribution in [0.4, 0.5) is 0 Å². The molecule has 1 N–H and O–H groups in total. The van der Waals surface area contributed by atoms with Gasteiger partial charge in [0.2, 0.25) is 0 Å². The molecule has 7 heavy (non-hydrogen) atoms. The van der Waals surface area contributed by atoms with E-state index in [2.05, 4.69) is 12.3 Å². The Morgan fingerprint density at radius 3 is 2.71 bits per heavy atom. The highest BCUT2D eigenvalue weighted by molar-refractivity contribution is 4.77. The van der Waals surface area contributed by atoms with Crippen LogP contribution in [-0.2, 0) is 0 Å². The first kappa shape index (κ1) is 6.48. The third kappa shape index (κ3) is 5.48. The summed E-state index contributed by atoms with van der Waals surface area (Å²) in [4.78, 5) is 0. The Balaban J connectivity index is 3.13. The summed E-state index contributed by atoms with van der Waals surface area (Å²) < 4.78 is 0. The molecule has 1 heteroatoms. The van der Waals surface area contributed by atoms with Gasteiger partial charge in [0.25, 0.3) is 0 Å². The monoisotopic (exact) mass is 98.1 g/mol. The van der Waals surface area contributed by atoms with Gasteiger partial charge in [0.15, 0.2) is 0 Å². The van der Waals surface area contributed by atoms with Crippen LogP contribution in [0, 0.1) is 0 Å². The van der Waals surface area contributed by atoms with Crippen LogP contribution in [0.3, 0.4) is 0 Å². The van der Waals surface area contributed by atoms with Crippen LogP contribution in [0.15, 0.2) is 18.4 Å². The predicted octanol–water partition coefficient (Wildman–Crippen LogP) is 1.10. The standard InChI is InChI=1S/C6H10O/c1-3-4-5-6(2)7/h4,6-7H,1,5H2,2H3/t6-/m0/s1. The third-order valence-electron chi connectivity index (χ3n) is 0.603. The highest BCUT2D eigenvalue weighted by atomic mass is 16.3. The van der Waals surface area contributed by atoms with Gasteiger partial charge >= 0.3 is 0 Å². The first-order chi connectivity index (χ1) is 3.27. The fraction of sp³-hybridized carbons (Fsp3) is 0.500. The predicted molar refractivity (Wildman–Crippen MR) is 30.0 cm³/mol. The lowest BCUT2D eigenvalue weighted by Gasteiger charge is -1.92. The molecule has 0 saturated carbocycles. The van der Waals surface area contributed by atoms with Crippen molar-refractivity contribution in [1.29, 1.82) is 0 Å². The van der Waals surface area contributed by atoms with Crippen molar-refractivity contribution in [2.24, 2.45) is 0 Å². The summed E-state index contributed by atoms with van der Waals surface area (Å²) >= 11 is 0. The summed E-state index contributed by atoms with van der Waals surface area (Å²) in [6.45, 7) is 5.07. The molecule has 0 aliphatic carbocycles. The molecule has 0 fully saturated rings. The van der Waals surface area contributed by atoms with E-state index >= 15 is 0 Å². The fourth-order valence-electron chi connectivity index (χ4n) is 0.254. The molecule has 0 bridgehead atoms. The van der Waals surface area contributed by atoms with Gasteiger partial charge in [-0.3, -0.25) is 0 Å². The molecule has 0 aliphatic rings. The summed E-state index contributed by atoms with van der Waals surface area (Å²) in [5.74, 6) is 0. The Kier molecular flexibility index (Phi) is 3.39. The minimum Gasteiger partial charge on any atom is -0.393 e. The van der Waals surface area contributed by atoms with E-state index in [-0.39, 0.29) is 6.10 Å². The topological polar surface area (TPSA) is 20.2 Å². The number of aliphatic hydroxyl groups excluding tert-OH is 1. The van der Waals surface area contributed by atoms with Gasteiger partial charge in [0.1, 0.15) is 0 Å². The molecule has 0 aromatic rings. The number of hydrogen-bond donors (Lipinski definition) is 1. The highest BCUT2D eigenvalue weighted by Crippen LogP contribution is 1.87. The van der Waals surface area contributed by atoms with Crippen LogP contribution < -0.4 is 0 Å². The van der Waals surface area contributed by atoms with Crippen LogP contribution in [0.2, 0.25) is 0 Å². The van der Waals surface area contributed by atoms with Crippen molar-refractivity contribution < 1.29 is 5.11 Å². The molecule has 0 spiro atoms. The normalized spacial score (nSPS) is 12.3. The van der Waals surface area contributed by atoms with Crippen LogP contribution in [0.25, 0.3) is 0 Å². The zero-order valence-corrected chi connectivity index (χ0v) is 4.52. The maximum Gasteiger partial charge on any atom is 0.0552 e. The van der Waals surface area contributed by atoms with Gasteiger partial charge in [-0.15, -0.1) is 5.73 Å². The van der Waals surface area contributed by atoms with Crippen LogP contribution >= 0.6 is 0 Å². The maximum atomic E-state index is 8.58. The zero-order chi connectivity index (χ0) is 5.70. The molecule has 0 rings (SSSR count). The third-order valence-corrected chi connectivity index (χ3v) is 0.603. The van der Waals surface area contributed by atoms with Gasteiger partial charge in [-0.2, -0.15) is 0 Å². The Labute approximate surface area is 44.0 Å². The molecule has 1 atom stereocenters. The van der Waals surface area contributed by atoms with E-state index in [1.807, 2.05) is 0 Å². The molecule has 0 radical (unpaired) electrons. The summed E-state index contributed by atoms with van der Waals surface area (Å²) in [6, 6.07) is 0. The Bertz CT molecular complexity index is 78.2. The molecule has 0 aliphatic heterocycles. The second kappa shape index (κ2) is 3.66. The molecule has 0 heterocycles. The number of hydrogen-bond acceptors (Lipinski definition) is 1. The smallest absolute Gasteiger partial charge is 0.0552 e. The van der Waals surface area contributed by atoms with E-state index in [1.54, 1.807) is 13.0 Å². The van der Waals surface area contributed by atoms with E-state index in [4.69, 9.17) is 5.11 Å². The van der Waals surface area contributed by atoms with Gasteiger partial charge in [0, 0.05) is 0 Å². The molecule has 0 aromatic carbocycles. The van der Waals surface area contributed by atoms with Crippen molar-refractivity contribution in [3.05, 3.63) is 18.4 Å². The van der Waals surface area contributed by atoms with Crippen LogP contribution in [0.1, 0.15) is 13.3 Å². The molecule has 0 saturated heterocycles. The molecule has 0 unspecified atom stereocenters. The van der Waals surface area contributed by atoms with E-state index < -0.39 is 0 Å². The van der Waals surface area contributed by atoms with Gasteiger partial charge in [-0.1, -0.05) is 6.58 Å². The Morgan fingerprint density at radius 1 is 2.00 bits per heavy atom. The van der Waals surface area contributed by atoms with Gasteiger partial charge in [0.05, 0.1) is 6.10 Å².